The Balaban J connectivity index is 1.19. The lowest BCUT2D eigenvalue weighted by atomic mass is 10.1. The minimum atomic E-state index is -0.0120. The van der Waals surface area contributed by atoms with Crippen molar-refractivity contribution in [3.63, 3.8) is 0 Å². The standard InChI is InChI=1S/C37H48ClN3O2/c1-3-4-5-6-7-8-9-10-11-12-13-16-25-43-36-23-20-32(26-35(36)38)29-41(30(2)42)33-21-18-31(19-22-33)27-37-39-28-34-17-14-15-24-40(34)37/h14-15,17-24,26,28H,3-13,16,25,27,29H2,1-2H3/p+1. The van der Waals surface area contributed by atoms with Gasteiger partial charge in [0.15, 0.2) is 5.52 Å². The quantitative estimate of drug-likeness (QED) is 0.0858. The van der Waals surface area contributed by atoms with E-state index in [0.717, 1.165) is 35.4 Å². The number of halogens is 1. The van der Waals surface area contributed by atoms with Crippen molar-refractivity contribution in [3.05, 3.63) is 95.0 Å². The highest BCUT2D eigenvalue weighted by molar-refractivity contribution is 6.32. The number of H-pyrrole nitrogens is 1. The number of imidazole rings is 1. The predicted molar refractivity (Wildman–Crippen MR) is 178 cm³/mol. The average molecular weight is 603 g/mol. The first-order valence-corrected chi connectivity index (χ1v) is 16.7. The van der Waals surface area contributed by atoms with Crippen molar-refractivity contribution in [2.45, 2.75) is 104 Å². The van der Waals surface area contributed by atoms with Crippen LogP contribution in [0.4, 0.5) is 5.69 Å². The van der Waals surface area contributed by atoms with Crippen molar-refractivity contribution in [2.75, 3.05) is 11.5 Å². The number of rotatable bonds is 19. The summed E-state index contributed by atoms with van der Waals surface area (Å²) in [4.78, 5) is 17.7. The van der Waals surface area contributed by atoms with Gasteiger partial charge in [-0.25, -0.2) is 4.98 Å². The zero-order chi connectivity index (χ0) is 30.3. The highest BCUT2D eigenvalue weighted by Gasteiger charge is 2.15. The van der Waals surface area contributed by atoms with Crippen LogP contribution >= 0.6 is 11.6 Å². The highest BCUT2D eigenvalue weighted by atomic mass is 35.5. The molecule has 2 aromatic carbocycles. The lowest BCUT2D eigenvalue weighted by Crippen LogP contribution is -2.27. The molecule has 0 aliphatic rings. The smallest absolute Gasteiger partial charge is 0.263 e. The Bertz CT molecular complexity index is 1400. The van der Waals surface area contributed by atoms with Gasteiger partial charge in [-0.2, -0.15) is 4.40 Å². The van der Waals surface area contributed by atoms with Crippen LogP contribution in [0.15, 0.2) is 73.1 Å². The van der Waals surface area contributed by atoms with Gasteiger partial charge >= 0.3 is 0 Å². The molecule has 0 aliphatic carbocycles. The number of hydrogen-bond acceptors (Lipinski definition) is 2. The first-order valence-electron chi connectivity index (χ1n) is 16.3. The fourth-order valence-electron chi connectivity index (χ4n) is 5.62. The minimum absolute atomic E-state index is 0.0120. The molecule has 2 aromatic heterocycles. The normalized spacial score (nSPS) is 11.2. The van der Waals surface area contributed by atoms with Crippen molar-refractivity contribution < 1.29 is 13.9 Å². The maximum absolute atomic E-state index is 12.6. The molecule has 0 saturated heterocycles. The topological polar surface area (TPSA) is 49.4 Å². The van der Waals surface area contributed by atoms with E-state index in [1.165, 1.54) is 76.2 Å². The largest absolute Gasteiger partial charge is 0.492 e. The van der Waals surface area contributed by atoms with E-state index in [0.29, 0.717) is 23.9 Å². The highest BCUT2D eigenvalue weighted by Crippen LogP contribution is 2.28. The molecule has 2 heterocycles. The molecule has 43 heavy (non-hydrogen) atoms. The Kier molecular flexibility index (Phi) is 13.4. The van der Waals surface area contributed by atoms with E-state index in [9.17, 15) is 4.79 Å². The molecular formula is C37H49ClN3O2+. The van der Waals surface area contributed by atoms with Gasteiger partial charge in [0.1, 0.15) is 11.9 Å². The number of aromatic amines is 1. The summed E-state index contributed by atoms with van der Waals surface area (Å²) in [6.45, 7) is 5.00. The van der Waals surface area contributed by atoms with Crippen LogP contribution in [0.25, 0.3) is 5.52 Å². The number of carbonyl (C=O) groups excluding carboxylic acids is 1. The van der Waals surface area contributed by atoms with Crippen LogP contribution in [-0.2, 0) is 17.8 Å². The number of amides is 1. The zero-order valence-corrected chi connectivity index (χ0v) is 26.9. The van der Waals surface area contributed by atoms with Gasteiger partial charge in [0.2, 0.25) is 5.91 Å². The van der Waals surface area contributed by atoms with Crippen LogP contribution in [0.1, 0.15) is 108 Å². The second kappa shape index (κ2) is 17.7. The lowest BCUT2D eigenvalue weighted by molar-refractivity contribution is -0.520. The van der Waals surface area contributed by atoms with Crippen LogP contribution in [0.5, 0.6) is 5.75 Å². The van der Waals surface area contributed by atoms with Crippen LogP contribution in [-0.4, -0.2) is 17.5 Å². The van der Waals surface area contributed by atoms with Gasteiger partial charge in [-0.05, 0) is 53.9 Å². The predicted octanol–water partition coefficient (Wildman–Crippen LogP) is 9.63. The lowest BCUT2D eigenvalue weighted by Gasteiger charge is -2.22. The van der Waals surface area contributed by atoms with E-state index in [-0.39, 0.29) is 5.91 Å². The third kappa shape index (κ3) is 10.4. The molecular weight excluding hydrogens is 554 g/mol. The Morgan fingerprint density at radius 2 is 1.49 bits per heavy atom. The van der Waals surface area contributed by atoms with Crippen molar-refractivity contribution in [3.8, 4) is 5.75 Å². The molecule has 230 valence electrons. The molecule has 0 spiro atoms. The summed E-state index contributed by atoms with van der Waals surface area (Å²) in [6, 6.07) is 20.2. The molecule has 6 heteroatoms. The van der Waals surface area contributed by atoms with Gasteiger partial charge in [-0.3, -0.25) is 4.79 Å². The summed E-state index contributed by atoms with van der Waals surface area (Å²) in [5.41, 5.74) is 4.14. The number of fused-ring (bicyclic) bond motifs is 1. The summed E-state index contributed by atoms with van der Waals surface area (Å²) in [5.74, 6) is 1.81. The number of anilines is 1. The Hall–Kier alpha value is -3.31. The maximum atomic E-state index is 12.6. The number of pyridine rings is 1. The fourth-order valence-corrected chi connectivity index (χ4v) is 5.88. The second-order valence-corrected chi connectivity index (χ2v) is 12.1. The number of benzene rings is 2. The van der Waals surface area contributed by atoms with Gasteiger partial charge in [0.25, 0.3) is 5.82 Å². The van der Waals surface area contributed by atoms with E-state index >= 15 is 0 Å². The zero-order valence-electron chi connectivity index (χ0n) is 26.1. The molecule has 1 amide bonds. The molecule has 0 atom stereocenters. The molecule has 4 rings (SSSR count). The van der Waals surface area contributed by atoms with Crippen LogP contribution in [0, 0.1) is 0 Å². The van der Waals surface area contributed by atoms with E-state index in [1.807, 2.05) is 48.7 Å². The molecule has 1 N–H and O–H groups in total. The van der Waals surface area contributed by atoms with E-state index in [2.05, 4.69) is 40.7 Å². The Morgan fingerprint density at radius 3 is 2.14 bits per heavy atom. The number of nitrogens with zero attached hydrogens (tertiary/aromatic N) is 2. The summed E-state index contributed by atoms with van der Waals surface area (Å²) in [7, 11) is 0. The molecule has 0 saturated carbocycles. The fraction of sp³-hybridized carbons (Fsp3) is 0.459. The molecule has 0 radical (unpaired) electrons. The molecule has 5 nitrogen and oxygen atoms in total. The van der Waals surface area contributed by atoms with Crippen molar-refractivity contribution in [2.24, 2.45) is 0 Å². The van der Waals surface area contributed by atoms with Crippen LogP contribution < -0.4 is 14.0 Å². The van der Waals surface area contributed by atoms with Crippen molar-refractivity contribution >= 4 is 28.7 Å². The number of carbonyl (C=O) groups is 1. The third-order valence-corrected chi connectivity index (χ3v) is 8.46. The summed E-state index contributed by atoms with van der Waals surface area (Å²) < 4.78 is 8.15. The maximum Gasteiger partial charge on any atom is 0.263 e. The van der Waals surface area contributed by atoms with Gasteiger partial charge in [0.05, 0.1) is 30.8 Å². The monoisotopic (exact) mass is 602 g/mol. The Labute approximate surface area is 263 Å². The number of aromatic nitrogens is 2. The summed E-state index contributed by atoms with van der Waals surface area (Å²) >= 11 is 6.59. The Morgan fingerprint density at radius 1 is 0.837 bits per heavy atom. The number of ether oxygens (including phenoxy) is 1. The summed E-state index contributed by atoms with van der Waals surface area (Å²) in [5, 5.41) is 0.589. The molecule has 0 bridgehead atoms. The minimum Gasteiger partial charge on any atom is -0.492 e. The number of nitrogens with one attached hydrogen (secondary N) is 1. The van der Waals surface area contributed by atoms with Crippen molar-refractivity contribution in [1.29, 1.82) is 0 Å². The molecule has 0 aliphatic heterocycles. The molecule has 0 fully saturated rings. The van der Waals surface area contributed by atoms with E-state index in [4.69, 9.17) is 16.3 Å². The second-order valence-electron chi connectivity index (χ2n) is 11.7. The third-order valence-electron chi connectivity index (χ3n) is 8.16. The van der Waals surface area contributed by atoms with Gasteiger partial charge in [-0.1, -0.05) is 113 Å². The van der Waals surface area contributed by atoms with Gasteiger partial charge in [0, 0.05) is 12.6 Å². The summed E-state index contributed by atoms with van der Waals surface area (Å²) in [6.07, 6.45) is 20.7. The van der Waals surface area contributed by atoms with Gasteiger partial charge in [-0.15, -0.1) is 0 Å². The molecule has 0 unspecified atom stereocenters. The first-order chi connectivity index (χ1) is 21.0. The van der Waals surface area contributed by atoms with E-state index in [1.54, 1.807) is 11.8 Å². The van der Waals surface area contributed by atoms with Crippen LogP contribution in [0.3, 0.4) is 0 Å². The first kappa shape index (κ1) is 32.6. The van der Waals surface area contributed by atoms with Crippen molar-refractivity contribution in [1.82, 2.24) is 4.98 Å². The average Bonchev–Trinajstić information content (AvgIpc) is 3.42. The van der Waals surface area contributed by atoms with Crippen LogP contribution in [0.2, 0.25) is 5.02 Å². The molecule has 4 aromatic rings. The SMILES string of the molecule is CCCCCCCCCCCCCCOc1ccc(CN(C(C)=O)c2ccc(Cc3[nH]cc4cccc[n+]34)cc2)cc1Cl. The number of hydrogen-bond donors (Lipinski definition) is 1. The van der Waals surface area contributed by atoms with E-state index < -0.39 is 0 Å². The number of unbranched alkanes of at least 4 members (excludes halogenated alkanes) is 11. The van der Waals surface area contributed by atoms with Gasteiger partial charge < -0.3 is 9.64 Å².